The van der Waals surface area contributed by atoms with E-state index in [0.717, 1.165) is 0 Å². The number of fused-ring (bicyclic) bond motifs is 1. The summed E-state index contributed by atoms with van der Waals surface area (Å²) in [6.45, 7) is 0. The molecule has 0 bridgehead atoms. The standard InChI is InChI=1S/C10H7FN2O2/c11-6-1-2-8-5(3-6)4-7(9(12)14)10(13)15-8/h1-4,13H,(H2,12,14). The van der Waals surface area contributed by atoms with Gasteiger partial charge in [-0.05, 0) is 24.3 Å². The van der Waals surface area contributed by atoms with Crippen molar-refractivity contribution in [1.29, 1.82) is 5.41 Å². The maximum atomic E-state index is 12.9. The Hall–Kier alpha value is -2.17. The first-order valence-corrected chi connectivity index (χ1v) is 4.16. The van der Waals surface area contributed by atoms with Gasteiger partial charge in [0.2, 0.25) is 5.55 Å². The van der Waals surface area contributed by atoms with Crippen molar-refractivity contribution in [3.63, 3.8) is 0 Å². The van der Waals surface area contributed by atoms with Crippen LogP contribution in [0.3, 0.4) is 0 Å². The van der Waals surface area contributed by atoms with Crippen molar-refractivity contribution < 1.29 is 13.6 Å². The predicted octanol–water partition coefficient (Wildman–Crippen LogP) is 1.15. The van der Waals surface area contributed by atoms with Crippen LogP contribution in [0.25, 0.3) is 11.0 Å². The van der Waals surface area contributed by atoms with Gasteiger partial charge in [0.05, 0.1) is 0 Å². The Labute approximate surface area is 83.6 Å². The lowest BCUT2D eigenvalue weighted by atomic mass is 10.2. The summed E-state index contributed by atoms with van der Waals surface area (Å²) >= 11 is 0. The van der Waals surface area contributed by atoms with Gasteiger partial charge in [-0.25, -0.2) is 4.39 Å². The van der Waals surface area contributed by atoms with Crippen LogP contribution in [0.1, 0.15) is 10.4 Å². The van der Waals surface area contributed by atoms with Crippen LogP contribution in [0, 0.1) is 11.2 Å². The van der Waals surface area contributed by atoms with Crippen molar-refractivity contribution >= 4 is 16.9 Å². The summed E-state index contributed by atoms with van der Waals surface area (Å²) in [6.07, 6.45) is 0. The van der Waals surface area contributed by atoms with Gasteiger partial charge >= 0.3 is 0 Å². The molecule has 1 heterocycles. The Balaban J connectivity index is 2.83. The fourth-order valence-electron chi connectivity index (χ4n) is 1.29. The summed E-state index contributed by atoms with van der Waals surface area (Å²) in [5.41, 5.74) is 4.99. The molecule has 0 aliphatic carbocycles. The number of hydrogen-bond acceptors (Lipinski definition) is 3. The van der Waals surface area contributed by atoms with Crippen LogP contribution in [-0.4, -0.2) is 5.91 Å². The first-order chi connectivity index (χ1) is 7.08. The van der Waals surface area contributed by atoms with Crippen LogP contribution < -0.4 is 11.3 Å². The van der Waals surface area contributed by atoms with Crippen molar-refractivity contribution in [2.45, 2.75) is 0 Å². The number of halogens is 1. The average molecular weight is 206 g/mol. The molecule has 0 aliphatic heterocycles. The number of primary amides is 1. The number of hydrogen-bond donors (Lipinski definition) is 2. The van der Waals surface area contributed by atoms with Crippen LogP contribution >= 0.6 is 0 Å². The molecule has 2 aromatic rings. The maximum Gasteiger partial charge on any atom is 0.254 e. The zero-order valence-corrected chi connectivity index (χ0v) is 7.58. The molecule has 15 heavy (non-hydrogen) atoms. The molecule has 0 radical (unpaired) electrons. The summed E-state index contributed by atoms with van der Waals surface area (Å²) in [6, 6.07) is 5.17. The monoisotopic (exact) mass is 206 g/mol. The van der Waals surface area contributed by atoms with Crippen LogP contribution in [0.2, 0.25) is 0 Å². The highest BCUT2D eigenvalue weighted by Gasteiger charge is 2.07. The number of benzene rings is 1. The van der Waals surface area contributed by atoms with E-state index in [1.165, 1.54) is 24.3 Å². The minimum Gasteiger partial charge on any atom is -0.438 e. The second kappa shape index (κ2) is 3.20. The van der Waals surface area contributed by atoms with Gasteiger partial charge in [-0.2, -0.15) is 0 Å². The highest BCUT2D eigenvalue weighted by Crippen LogP contribution is 2.14. The van der Waals surface area contributed by atoms with Crippen molar-refractivity contribution in [3.8, 4) is 0 Å². The maximum absolute atomic E-state index is 12.9. The van der Waals surface area contributed by atoms with Gasteiger partial charge in [0.1, 0.15) is 17.0 Å². The summed E-state index contributed by atoms with van der Waals surface area (Å²) in [5, 5.41) is 7.78. The Morgan fingerprint density at radius 1 is 1.40 bits per heavy atom. The molecule has 0 saturated heterocycles. The van der Waals surface area contributed by atoms with E-state index in [1.54, 1.807) is 0 Å². The second-order valence-electron chi connectivity index (χ2n) is 3.04. The van der Waals surface area contributed by atoms with Crippen molar-refractivity contribution in [1.82, 2.24) is 0 Å². The molecular formula is C10H7FN2O2. The van der Waals surface area contributed by atoms with E-state index in [2.05, 4.69) is 0 Å². The highest BCUT2D eigenvalue weighted by molar-refractivity contribution is 5.95. The Morgan fingerprint density at radius 2 is 2.13 bits per heavy atom. The molecule has 76 valence electrons. The molecule has 3 N–H and O–H groups in total. The smallest absolute Gasteiger partial charge is 0.254 e. The predicted molar refractivity (Wildman–Crippen MR) is 50.5 cm³/mol. The number of rotatable bonds is 1. The zero-order valence-electron chi connectivity index (χ0n) is 7.58. The molecule has 0 aliphatic rings. The molecule has 5 heteroatoms. The molecule has 0 fully saturated rings. The Morgan fingerprint density at radius 3 is 2.80 bits per heavy atom. The van der Waals surface area contributed by atoms with E-state index in [0.29, 0.717) is 11.0 Å². The molecule has 0 saturated carbocycles. The van der Waals surface area contributed by atoms with Gasteiger partial charge in [0.25, 0.3) is 5.91 Å². The lowest BCUT2D eigenvalue weighted by Gasteiger charge is -1.99. The molecule has 1 aromatic heterocycles. The molecular weight excluding hydrogens is 199 g/mol. The van der Waals surface area contributed by atoms with Gasteiger partial charge in [-0.3, -0.25) is 10.2 Å². The zero-order chi connectivity index (χ0) is 11.0. The summed E-state index contributed by atoms with van der Waals surface area (Å²) in [4.78, 5) is 10.9. The van der Waals surface area contributed by atoms with Crippen LogP contribution in [-0.2, 0) is 0 Å². The second-order valence-corrected chi connectivity index (χ2v) is 3.04. The third-order valence-electron chi connectivity index (χ3n) is 1.99. The minimum atomic E-state index is -0.769. The van der Waals surface area contributed by atoms with E-state index < -0.39 is 11.7 Å². The summed E-state index contributed by atoms with van der Waals surface area (Å²) in [7, 11) is 0. The third kappa shape index (κ3) is 1.59. The molecule has 4 nitrogen and oxygen atoms in total. The van der Waals surface area contributed by atoms with E-state index in [-0.39, 0.29) is 11.1 Å². The van der Waals surface area contributed by atoms with Gasteiger partial charge in [-0.15, -0.1) is 0 Å². The van der Waals surface area contributed by atoms with Gasteiger partial charge in [0.15, 0.2) is 0 Å². The van der Waals surface area contributed by atoms with E-state index in [9.17, 15) is 9.18 Å². The number of amides is 1. The van der Waals surface area contributed by atoms with Crippen molar-refractivity contribution in [3.05, 3.63) is 41.2 Å². The average Bonchev–Trinajstić information content (AvgIpc) is 2.17. The van der Waals surface area contributed by atoms with E-state index in [4.69, 9.17) is 15.6 Å². The fraction of sp³-hybridized carbons (Fsp3) is 0. The lowest BCUT2D eigenvalue weighted by Crippen LogP contribution is -2.20. The van der Waals surface area contributed by atoms with Gasteiger partial charge in [0, 0.05) is 5.39 Å². The Bertz CT molecular complexity index is 604. The quantitative estimate of drug-likeness (QED) is 0.733. The fourth-order valence-corrected chi connectivity index (χ4v) is 1.29. The van der Waals surface area contributed by atoms with E-state index >= 15 is 0 Å². The molecule has 2 rings (SSSR count). The summed E-state index contributed by atoms with van der Waals surface area (Å²) < 4.78 is 17.9. The summed E-state index contributed by atoms with van der Waals surface area (Å²) in [5.74, 6) is -1.21. The molecule has 0 atom stereocenters. The first kappa shape index (κ1) is 9.39. The van der Waals surface area contributed by atoms with Crippen LogP contribution in [0.4, 0.5) is 4.39 Å². The third-order valence-corrected chi connectivity index (χ3v) is 1.99. The Kier molecular flexibility index (Phi) is 2.00. The number of carbonyl (C=O) groups excluding carboxylic acids is 1. The van der Waals surface area contributed by atoms with E-state index in [1.807, 2.05) is 0 Å². The normalized spacial score (nSPS) is 10.5. The van der Waals surface area contributed by atoms with Crippen molar-refractivity contribution in [2.75, 3.05) is 0 Å². The highest BCUT2D eigenvalue weighted by atomic mass is 19.1. The van der Waals surface area contributed by atoms with Crippen molar-refractivity contribution in [2.24, 2.45) is 5.73 Å². The first-order valence-electron chi connectivity index (χ1n) is 4.16. The van der Waals surface area contributed by atoms with Gasteiger partial charge in [-0.1, -0.05) is 0 Å². The topological polar surface area (TPSA) is 80.1 Å². The molecule has 0 spiro atoms. The SMILES string of the molecule is N=c1oc2ccc(F)cc2cc1C(N)=O. The molecule has 0 unspecified atom stereocenters. The van der Waals surface area contributed by atoms with Gasteiger partial charge < -0.3 is 10.2 Å². The molecule has 1 amide bonds. The number of carbonyl (C=O) groups is 1. The van der Waals surface area contributed by atoms with Crippen LogP contribution in [0.5, 0.6) is 0 Å². The van der Waals surface area contributed by atoms with Crippen LogP contribution in [0.15, 0.2) is 28.7 Å². The largest absolute Gasteiger partial charge is 0.438 e. The lowest BCUT2D eigenvalue weighted by molar-refractivity contribution is 0.0996. The number of nitrogens with one attached hydrogen (secondary N) is 1. The number of nitrogens with two attached hydrogens (primary N) is 1. The molecule has 1 aromatic carbocycles. The minimum absolute atomic E-state index is 0.0619.